The van der Waals surface area contributed by atoms with Crippen molar-refractivity contribution in [3.8, 4) is 0 Å². The quantitative estimate of drug-likeness (QED) is 0.867. The predicted molar refractivity (Wildman–Crippen MR) is 93.3 cm³/mol. The fraction of sp³-hybridized carbons (Fsp3) is 0.588. The zero-order valence-electron chi connectivity index (χ0n) is 14.3. The fourth-order valence-corrected chi connectivity index (χ4v) is 4.26. The minimum atomic E-state index is -3.28. The normalized spacial score (nSPS) is 17.4. The van der Waals surface area contributed by atoms with Crippen molar-refractivity contribution in [3.05, 3.63) is 29.3 Å². The van der Waals surface area contributed by atoms with Gasteiger partial charge in [-0.25, -0.2) is 8.42 Å². The predicted octanol–water partition coefficient (Wildman–Crippen LogP) is 2.56. The van der Waals surface area contributed by atoms with E-state index in [1.807, 2.05) is 13.0 Å². The first-order chi connectivity index (χ1) is 10.8. The van der Waals surface area contributed by atoms with Crippen molar-refractivity contribution in [3.63, 3.8) is 0 Å². The Morgan fingerprint density at radius 3 is 2.70 bits per heavy atom. The van der Waals surface area contributed by atoms with Gasteiger partial charge in [0.15, 0.2) is 0 Å². The van der Waals surface area contributed by atoms with Gasteiger partial charge in [-0.2, -0.15) is 0 Å². The number of rotatable bonds is 6. The van der Waals surface area contributed by atoms with Crippen LogP contribution in [0.3, 0.4) is 0 Å². The van der Waals surface area contributed by atoms with Crippen LogP contribution in [0.15, 0.2) is 18.2 Å². The van der Waals surface area contributed by atoms with Crippen LogP contribution < -0.4 is 9.62 Å². The molecule has 23 heavy (non-hydrogen) atoms. The van der Waals surface area contributed by atoms with Crippen LogP contribution in [-0.4, -0.2) is 32.7 Å². The molecule has 5 nitrogen and oxygen atoms in total. The van der Waals surface area contributed by atoms with E-state index in [-0.39, 0.29) is 17.7 Å². The molecule has 6 heteroatoms. The van der Waals surface area contributed by atoms with Crippen molar-refractivity contribution >= 4 is 21.6 Å². The third kappa shape index (κ3) is 3.86. The number of sulfonamides is 1. The number of carbonyl (C=O) groups is 1. The molecule has 0 bridgehead atoms. The first-order valence-corrected chi connectivity index (χ1v) is 9.80. The SMILES string of the molecule is CCS(=O)(=O)N1c2ccc(C(=O)NCCC(C)C)cc2C[C@H]1C. The molecular weight excluding hydrogens is 312 g/mol. The number of amides is 1. The molecule has 0 saturated carbocycles. The summed E-state index contributed by atoms with van der Waals surface area (Å²) in [5, 5.41) is 2.91. The van der Waals surface area contributed by atoms with Crippen LogP contribution in [0.2, 0.25) is 0 Å². The molecule has 1 aromatic carbocycles. The monoisotopic (exact) mass is 338 g/mol. The molecule has 0 spiro atoms. The van der Waals surface area contributed by atoms with Gasteiger partial charge in [-0.15, -0.1) is 0 Å². The van der Waals surface area contributed by atoms with Crippen LogP contribution in [-0.2, 0) is 16.4 Å². The Hall–Kier alpha value is -1.56. The number of anilines is 1. The zero-order valence-corrected chi connectivity index (χ0v) is 15.1. The molecule has 0 fully saturated rings. The third-order valence-electron chi connectivity index (χ3n) is 4.17. The highest BCUT2D eigenvalue weighted by molar-refractivity contribution is 7.92. The maximum Gasteiger partial charge on any atom is 0.251 e. The summed E-state index contributed by atoms with van der Waals surface area (Å²) in [5.74, 6) is 0.524. The summed E-state index contributed by atoms with van der Waals surface area (Å²) in [6.45, 7) is 8.43. The fourth-order valence-electron chi connectivity index (χ4n) is 2.88. The number of carbonyl (C=O) groups excluding carboxylic acids is 1. The van der Waals surface area contributed by atoms with Gasteiger partial charge in [-0.1, -0.05) is 13.8 Å². The molecule has 1 aliphatic rings. The number of fused-ring (bicyclic) bond motifs is 1. The van der Waals surface area contributed by atoms with Gasteiger partial charge >= 0.3 is 0 Å². The summed E-state index contributed by atoms with van der Waals surface area (Å²) in [6.07, 6.45) is 1.58. The first kappa shape index (κ1) is 17.8. The second-order valence-electron chi connectivity index (χ2n) is 6.53. The Balaban J connectivity index is 2.19. The van der Waals surface area contributed by atoms with Gasteiger partial charge in [0.05, 0.1) is 11.4 Å². The highest BCUT2D eigenvalue weighted by atomic mass is 32.2. The van der Waals surface area contributed by atoms with E-state index in [4.69, 9.17) is 0 Å². The molecule has 1 atom stereocenters. The van der Waals surface area contributed by atoms with Gasteiger partial charge in [-0.3, -0.25) is 9.10 Å². The van der Waals surface area contributed by atoms with E-state index in [0.717, 1.165) is 12.0 Å². The second kappa shape index (κ2) is 6.91. The van der Waals surface area contributed by atoms with Crippen molar-refractivity contribution < 1.29 is 13.2 Å². The van der Waals surface area contributed by atoms with Gasteiger partial charge in [0.25, 0.3) is 5.91 Å². The summed E-state index contributed by atoms with van der Waals surface area (Å²) >= 11 is 0. The molecule has 1 aromatic rings. The number of nitrogens with zero attached hydrogens (tertiary/aromatic N) is 1. The van der Waals surface area contributed by atoms with Crippen LogP contribution >= 0.6 is 0 Å². The first-order valence-electron chi connectivity index (χ1n) is 8.19. The van der Waals surface area contributed by atoms with Crippen molar-refractivity contribution in [2.75, 3.05) is 16.6 Å². The van der Waals surface area contributed by atoms with E-state index < -0.39 is 10.0 Å². The maximum atomic E-state index is 12.2. The second-order valence-corrected chi connectivity index (χ2v) is 8.67. The highest BCUT2D eigenvalue weighted by Gasteiger charge is 2.34. The number of hydrogen-bond acceptors (Lipinski definition) is 3. The zero-order chi connectivity index (χ0) is 17.2. The lowest BCUT2D eigenvalue weighted by Crippen LogP contribution is -2.36. The topological polar surface area (TPSA) is 66.5 Å². The van der Waals surface area contributed by atoms with E-state index in [1.54, 1.807) is 19.1 Å². The van der Waals surface area contributed by atoms with Crippen LogP contribution in [0.4, 0.5) is 5.69 Å². The smallest absolute Gasteiger partial charge is 0.251 e. The lowest BCUT2D eigenvalue weighted by molar-refractivity contribution is 0.0952. The molecule has 2 rings (SSSR count). The Kier molecular flexibility index (Phi) is 5.34. The summed E-state index contributed by atoms with van der Waals surface area (Å²) in [5.41, 5.74) is 2.22. The number of hydrogen-bond donors (Lipinski definition) is 1. The van der Waals surface area contributed by atoms with Crippen molar-refractivity contribution in [2.45, 2.75) is 46.6 Å². The van der Waals surface area contributed by atoms with Crippen molar-refractivity contribution in [1.29, 1.82) is 0 Å². The molecule has 0 radical (unpaired) electrons. The third-order valence-corrected chi connectivity index (χ3v) is 6.05. The van der Waals surface area contributed by atoms with Gasteiger partial charge in [-0.05, 0) is 56.4 Å². The maximum absolute atomic E-state index is 12.2. The average Bonchev–Trinajstić information content (AvgIpc) is 2.82. The van der Waals surface area contributed by atoms with Crippen LogP contribution in [0, 0.1) is 5.92 Å². The van der Waals surface area contributed by atoms with Gasteiger partial charge in [0.2, 0.25) is 10.0 Å². The van der Waals surface area contributed by atoms with Crippen LogP contribution in [0.5, 0.6) is 0 Å². The number of benzene rings is 1. The molecular formula is C17H26N2O3S. The summed E-state index contributed by atoms with van der Waals surface area (Å²) in [7, 11) is -3.28. The average molecular weight is 338 g/mol. The minimum absolute atomic E-state index is 0.0776. The van der Waals surface area contributed by atoms with Crippen molar-refractivity contribution in [2.24, 2.45) is 5.92 Å². The molecule has 1 aliphatic heterocycles. The lowest BCUT2D eigenvalue weighted by atomic mass is 10.1. The molecule has 0 aromatic heterocycles. The Morgan fingerprint density at radius 1 is 1.39 bits per heavy atom. The molecule has 0 saturated heterocycles. The summed E-state index contributed by atoms with van der Waals surface area (Å²) < 4.78 is 26.0. The molecule has 1 amide bonds. The lowest BCUT2D eigenvalue weighted by Gasteiger charge is -2.23. The molecule has 1 heterocycles. The van der Waals surface area contributed by atoms with Crippen LogP contribution in [0.25, 0.3) is 0 Å². The molecule has 0 aliphatic carbocycles. The summed E-state index contributed by atoms with van der Waals surface area (Å²) in [4.78, 5) is 12.2. The van der Waals surface area contributed by atoms with Crippen molar-refractivity contribution in [1.82, 2.24) is 5.32 Å². The molecule has 1 N–H and O–H groups in total. The van der Waals surface area contributed by atoms with Crippen LogP contribution in [0.1, 0.15) is 50.0 Å². The van der Waals surface area contributed by atoms with Gasteiger partial charge in [0, 0.05) is 18.2 Å². The largest absolute Gasteiger partial charge is 0.352 e. The van der Waals surface area contributed by atoms with Gasteiger partial charge in [0.1, 0.15) is 0 Å². The van der Waals surface area contributed by atoms with E-state index in [1.165, 1.54) is 4.31 Å². The van der Waals surface area contributed by atoms with E-state index in [2.05, 4.69) is 19.2 Å². The molecule has 128 valence electrons. The molecule has 0 unspecified atom stereocenters. The highest BCUT2D eigenvalue weighted by Crippen LogP contribution is 2.35. The van der Waals surface area contributed by atoms with E-state index >= 15 is 0 Å². The summed E-state index contributed by atoms with van der Waals surface area (Å²) in [6, 6.07) is 5.18. The Bertz CT molecular complexity index is 683. The standard InChI is InChI=1S/C17H26N2O3S/c1-5-23(21,22)19-13(4)10-15-11-14(6-7-16(15)19)17(20)18-9-8-12(2)3/h6-7,11-13H,5,8-10H2,1-4H3,(H,18,20)/t13-/m1/s1. The van der Waals surface area contributed by atoms with Gasteiger partial charge < -0.3 is 5.32 Å². The van der Waals surface area contributed by atoms with E-state index in [9.17, 15) is 13.2 Å². The minimum Gasteiger partial charge on any atom is -0.352 e. The Labute approximate surface area is 139 Å². The Morgan fingerprint density at radius 2 is 2.09 bits per heavy atom. The van der Waals surface area contributed by atoms with E-state index in [0.29, 0.717) is 30.1 Å². The number of nitrogens with one attached hydrogen (secondary N) is 1.